The summed E-state index contributed by atoms with van der Waals surface area (Å²) in [5.74, 6) is -0.108. The number of carbonyl (C=O) groups is 1. The fourth-order valence-electron chi connectivity index (χ4n) is 3.63. The molecule has 166 valence electrons. The maximum atomic E-state index is 12.7. The zero-order chi connectivity index (χ0) is 22.8. The molecule has 0 unspecified atom stereocenters. The molecule has 0 bridgehead atoms. The maximum Gasteiger partial charge on any atom is 0.293 e. The number of carbonyl (C=O) groups excluding carboxylic acids is 1. The highest BCUT2D eigenvalue weighted by Gasteiger charge is 2.25. The van der Waals surface area contributed by atoms with Crippen molar-refractivity contribution < 1.29 is 18.1 Å². The van der Waals surface area contributed by atoms with Gasteiger partial charge in [0.2, 0.25) is 10.0 Å². The summed E-state index contributed by atoms with van der Waals surface area (Å²) < 4.78 is 25.7. The lowest BCUT2D eigenvalue weighted by atomic mass is 9.99. The molecule has 0 radical (unpaired) electrons. The van der Waals surface area contributed by atoms with Crippen molar-refractivity contribution in [1.29, 1.82) is 0 Å². The summed E-state index contributed by atoms with van der Waals surface area (Å²) in [5.41, 5.74) is 0.795. The minimum atomic E-state index is -3.65. The van der Waals surface area contributed by atoms with Crippen molar-refractivity contribution >= 4 is 33.0 Å². The van der Waals surface area contributed by atoms with Crippen molar-refractivity contribution in [2.75, 3.05) is 37.4 Å². The number of nitrogens with zero attached hydrogens (tertiary/aromatic N) is 3. The first-order valence-corrected chi connectivity index (χ1v) is 11.4. The molecule has 2 aromatic rings. The number of nitro groups is 1. The van der Waals surface area contributed by atoms with Crippen molar-refractivity contribution in [3.63, 3.8) is 0 Å². The van der Waals surface area contributed by atoms with Gasteiger partial charge in [-0.25, -0.2) is 12.7 Å². The van der Waals surface area contributed by atoms with Gasteiger partial charge in [0.25, 0.3) is 11.6 Å². The second-order valence-corrected chi connectivity index (χ2v) is 10.1. The van der Waals surface area contributed by atoms with E-state index >= 15 is 0 Å². The highest BCUT2D eigenvalue weighted by molar-refractivity contribution is 7.89. The molecule has 1 amide bonds. The van der Waals surface area contributed by atoms with Crippen LogP contribution in [0.1, 0.15) is 30.1 Å². The Morgan fingerprint density at radius 2 is 1.97 bits per heavy atom. The standard InChI is InChI=1S/C21H26N4O5S/c1-15-6-5-11-24(14-15)19-10-9-16(12-20(19)25(27)28)21(26)22-17-7-4-8-18(13-17)31(29,30)23(2)3/h4,7-10,12-13,15H,5-6,11,14H2,1-3H3,(H,22,26)/t15-/m1/s1. The number of piperidine rings is 1. The van der Waals surface area contributed by atoms with Crippen LogP contribution in [0.2, 0.25) is 0 Å². The second kappa shape index (κ2) is 9.03. The predicted octanol–water partition coefficient (Wildman–Crippen LogP) is 3.33. The van der Waals surface area contributed by atoms with Gasteiger partial charge in [-0.15, -0.1) is 0 Å². The summed E-state index contributed by atoms with van der Waals surface area (Å²) in [5, 5.41) is 14.3. The van der Waals surface area contributed by atoms with Crippen LogP contribution in [0.3, 0.4) is 0 Å². The van der Waals surface area contributed by atoms with E-state index in [9.17, 15) is 23.3 Å². The van der Waals surface area contributed by atoms with Crippen LogP contribution in [0.25, 0.3) is 0 Å². The van der Waals surface area contributed by atoms with E-state index in [2.05, 4.69) is 12.2 Å². The molecule has 10 heteroatoms. The predicted molar refractivity (Wildman–Crippen MR) is 119 cm³/mol. The highest BCUT2D eigenvalue weighted by Crippen LogP contribution is 2.32. The minimum absolute atomic E-state index is 0.0378. The summed E-state index contributed by atoms with van der Waals surface area (Å²) in [6, 6.07) is 10.3. The Morgan fingerprint density at radius 1 is 1.23 bits per heavy atom. The SMILES string of the molecule is C[C@@H]1CCCN(c2ccc(C(=O)Nc3cccc(S(=O)(=O)N(C)C)c3)cc2[N+](=O)[O-])C1. The van der Waals surface area contributed by atoms with Crippen molar-refractivity contribution in [1.82, 2.24) is 4.31 Å². The molecule has 1 aliphatic rings. The van der Waals surface area contributed by atoms with Gasteiger partial charge in [-0.05, 0) is 49.1 Å². The first-order chi connectivity index (χ1) is 14.6. The Morgan fingerprint density at radius 3 is 2.61 bits per heavy atom. The lowest BCUT2D eigenvalue weighted by molar-refractivity contribution is -0.384. The number of anilines is 2. The van der Waals surface area contributed by atoms with E-state index in [0.717, 1.165) is 30.2 Å². The molecule has 0 aromatic heterocycles. The number of sulfonamides is 1. The first-order valence-electron chi connectivity index (χ1n) is 9.97. The molecule has 1 N–H and O–H groups in total. The molecule has 1 fully saturated rings. The smallest absolute Gasteiger partial charge is 0.293 e. The molecule has 1 saturated heterocycles. The highest BCUT2D eigenvalue weighted by atomic mass is 32.2. The van der Waals surface area contributed by atoms with Crippen molar-refractivity contribution in [3.05, 3.63) is 58.1 Å². The van der Waals surface area contributed by atoms with Gasteiger partial charge in [0.1, 0.15) is 5.69 Å². The Labute approximate surface area is 181 Å². The van der Waals surface area contributed by atoms with E-state index in [0.29, 0.717) is 11.6 Å². The number of nitrogens with one attached hydrogen (secondary N) is 1. The summed E-state index contributed by atoms with van der Waals surface area (Å²) >= 11 is 0. The van der Waals surface area contributed by atoms with Gasteiger partial charge in [0, 0.05) is 44.5 Å². The van der Waals surface area contributed by atoms with E-state index < -0.39 is 20.9 Å². The molecule has 0 saturated carbocycles. The van der Waals surface area contributed by atoms with Crippen LogP contribution in [0.5, 0.6) is 0 Å². The number of hydrogen-bond donors (Lipinski definition) is 1. The molecule has 9 nitrogen and oxygen atoms in total. The van der Waals surface area contributed by atoms with Gasteiger partial charge in [-0.2, -0.15) is 0 Å². The van der Waals surface area contributed by atoms with Crippen molar-refractivity contribution in [3.8, 4) is 0 Å². The Balaban J connectivity index is 1.86. The fourth-order valence-corrected chi connectivity index (χ4v) is 4.58. The van der Waals surface area contributed by atoms with E-state index in [1.807, 2.05) is 4.90 Å². The summed E-state index contributed by atoms with van der Waals surface area (Å²) in [6.45, 7) is 3.59. The van der Waals surface area contributed by atoms with Gasteiger partial charge in [0.05, 0.1) is 9.82 Å². The minimum Gasteiger partial charge on any atom is -0.366 e. The van der Waals surface area contributed by atoms with E-state index in [1.54, 1.807) is 18.2 Å². The topological polar surface area (TPSA) is 113 Å². The molecule has 1 heterocycles. The lowest BCUT2D eigenvalue weighted by Gasteiger charge is -2.32. The van der Waals surface area contributed by atoms with Crippen molar-refractivity contribution in [2.45, 2.75) is 24.7 Å². The molecule has 1 aliphatic heterocycles. The normalized spacial score (nSPS) is 16.9. The lowest BCUT2D eigenvalue weighted by Crippen LogP contribution is -2.34. The zero-order valence-electron chi connectivity index (χ0n) is 17.7. The third-order valence-corrected chi connectivity index (χ3v) is 7.11. The molecular weight excluding hydrogens is 420 g/mol. The average Bonchev–Trinajstić information content (AvgIpc) is 2.73. The molecule has 2 aromatic carbocycles. The first kappa shape index (κ1) is 22.7. The molecule has 3 rings (SSSR count). The largest absolute Gasteiger partial charge is 0.366 e. The van der Waals surface area contributed by atoms with Crippen LogP contribution in [0, 0.1) is 16.0 Å². The van der Waals surface area contributed by atoms with Crippen LogP contribution in [-0.2, 0) is 10.0 Å². The van der Waals surface area contributed by atoms with Crippen LogP contribution in [0.15, 0.2) is 47.4 Å². The quantitative estimate of drug-likeness (QED) is 0.538. The Kier molecular flexibility index (Phi) is 6.61. The fraction of sp³-hybridized carbons (Fsp3) is 0.381. The van der Waals surface area contributed by atoms with E-state index in [4.69, 9.17) is 0 Å². The van der Waals surface area contributed by atoms with Gasteiger partial charge >= 0.3 is 0 Å². The van der Waals surface area contributed by atoms with Crippen LogP contribution >= 0.6 is 0 Å². The van der Waals surface area contributed by atoms with Crippen LogP contribution < -0.4 is 10.2 Å². The van der Waals surface area contributed by atoms with E-state index in [-0.39, 0.29) is 21.8 Å². The summed E-state index contributed by atoms with van der Waals surface area (Å²) in [4.78, 5) is 25.9. The number of amides is 1. The van der Waals surface area contributed by atoms with Gasteiger partial charge < -0.3 is 10.2 Å². The molecular formula is C21H26N4O5S. The van der Waals surface area contributed by atoms with Gasteiger partial charge in [-0.1, -0.05) is 13.0 Å². The van der Waals surface area contributed by atoms with Gasteiger partial charge in [0.15, 0.2) is 0 Å². The number of rotatable bonds is 6. The summed E-state index contributed by atoms with van der Waals surface area (Å²) in [7, 11) is -0.811. The Hall–Kier alpha value is -2.98. The summed E-state index contributed by atoms with van der Waals surface area (Å²) in [6.07, 6.45) is 2.06. The molecule has 31 heavy (non-hydrogen) atoms. The van der Waals surface area contributed by atoms with E-state index in [1.165, 1.54) is 38.4 Å². The number of nitro benzene ring substituents is 1. The molecule has 1 atom stereocenters. The number of hydrogen-bond acceptors (Lipinski definition) is 6. The van der Waals surface area contributed by atoms with Crippen LogP contribution in [0.4, 0.5) is 17.1 Å². The van der Waals surface area contributed by atoms with Crippen molar-refractivity contribution in [2.24, 2.45) is 5.92 Å². The second-order valence-electron chi connectivity index (χ2n) is 7.92. The van der Waals surface area contributed by atoms with Gasteiger partial charge in [-0.3, -0.25) is 14.9 Å². The third-order valence-electron chi connectivity index (χ3n) is 5.30. The van der Waals surface area contributed by atoms with Crippen LogP contribution in [-0.4, -0.2) is 50.7 Å². The third kappa shape index (κ3) is 5.02. The zero-order valence-corrected chi connectivity index (χ0v) is 18.6. The Bertz CT molecular complexity index is 1100. The molecule has 0 aliphatic carbocycles. The monoisotopic (exact) mass is 446 g/mol. The number of benzene rings is 2. The average molecular weight is 447 g/mol. The molecule has 0 spiro atoms. The maximum absolute atomic E-state index is 12.7.